The van der Waals surface area contributed by atoms with Crippen molar-refractivity contribution in [2.24, 2.45) is 0 Å². The average molecular weight is 276 g/mol. The van der Waals surface area contributed by atoms with E-state index in [1.165, 1.54) is 20.3 Å². The zero-order chi connectivity index (χ0) is 14.6. The van der Waals surface area contributed by atoms with Crippen molar-refractivity contribution in [3.05, 3.63) is 53.8 Å². The Morgan fingerprint density at radius 2 is 2.00 bits per heavy atom. The maximum Gasteiger partial charge on any atom is 0.337 e. The molecule has 0 fully saturated rings. The van der Waals surface area contributed by atoms with Crippen LogP contribution in [0.15, 0.2) is 48.2 Å². The number of cyclic esters (lactones) is 1. The highest BCUT2D eigenvalue weighted by atomic mass is 16.7. The summed E-state index contributed by atoms with van der Waals surface area (Å²) < 4.78 is 15.3. The van der Waals surface area contributed by atoms with Gasteiger partial charge in [0.05, 0.1) is 13.2 Å². The summed E-state index contributed by atoms with van der Waals surface area (Å²) in [5.74, 6) is -2.12. The lowest BCUT2D eigenvalue weighted by atomic mass is 10.0. The topological polar surface area (TPSA) is 65.0 Å². The van der Waals surface area contributed by atoms with Crippen LogP contribution in [0.25, 0.3) is 6.08 Å². The number of methoxy groups -OCH3 is 2. The van der Waals surface area contributed by atoms with E-state index in [0.29, 0.717) is 0 Å². The van der Waals surface area contributed by atoms with Gasteiger partial charge in [0.2, 0.25) is 0 Å². The van der Waals surface area contributed by atoms with Crippen LogP contribution in [0.4, 0.5) is 0 Å². The predicted octanol–water partition coefficient (Wildman–Crippen LogP) is 1.49. The zero-order valence-electron chi connectivity index (χ0n) is 11.3. The van der Waals surface area contributed by atoms with Crippen molar-refractivity contribution in [1.82, 2.24) is 0 Å². The Labute approximate surface area is 117 Å². The highest BCUT2D eigenvalue weighted by Crippen LogP contribution is 2.30. The first-order valence-corrected chi connectivity index (χ1v) is 6.07. The smallest absolute Gasteiger partial charge is 0.337 e. The number of ether oxygens (including phenoxy) is 3. The van der Waals surface area contributed by atoms with E-state index in [-0.39, 0.29) is 5.76 Å². The lowest BCUT2D eigenvalue weighted by molar-refractivity contribution is -0.234. The second-order valence-electron chi connectivity index (χ2n) is 4.24. The van der Waals surface area contributed by atoms with Crippen molar-refractivity contribution in [3.8, 4) is 0 Å². The van der Waals surface area contributed by atoms with Gasteiger partial charge in [-0.25, -0.2) is 4.79 Å². The summed E-state index contributed by atoms with van der Waals surface area (Å²) in [4.78, 5) is 11.6. The van der Waals surface area contributed by atoms with Crippen molar-refractivity contribution < 1.29 is 24.1 Å². The van der Waals surface area contributed by atoms with Crippen LogP contribution in [0.3, 0.4) is 0 Å². The molecule has 0 aliphatic carbocycles. The number of hydrogen-bond donors (Lipinski definition) is 1. The molecule has 5 nitrogen and oxygen atoms in total. The van der Waals surface area contributed by atoms with E-state index in [0.717, 1.165) is 11.6 Å². The van der Waals surface area contributed by atoms with Gasteiger partial charge in [-0.1, -0.05) is 36.4 Å². The molecule has 2 atom stereocenters. The molecule has 2 rings (SSSR count). The fourth-order valence-electron chi connectivity index (χ4n) is 1.93. The van der Waals surface area contributed by atoms with E-state index in [2.05, 4.69) is 0 Å². The van der Waals surface area contributed by atoms with Crippen molar-refractivity contribution in [3.63, 3.8) is 0 Å². The van der Waals surface area contributed by atoms with Gasteiger partial charge in [-0.15, -0.1) is 0 Å². The molecule has 1 aliphatic heterocycles. The first-order chi connectivity index (χ1) is 9.61. The lowest BCUT2D eigenvalue weighted by Crippen LogP contribution is -2.50. The third-order valence-corrected chi connectivity index (χ3v) is 3.03. The van der Waals surface area contributed by atoms with E-state index >= 15 is 0 Å². The van der Waals surface area contributed by atoms with E-state index in [9.17, 15) is 9.90 Å². The van der Waals surface area contributed by atoms with E-state index in [4.69, 9.17) is 14.2 Å². The summed E-state index contributed by atoms with van der Waals surface area (Å²) in [5.41, 5.74) is 0.890. The number of carbonyl (C=O) groups is 1. The molecule has 0 radical (unpaired) electrons. The van der Waals surface area contributed by atoms with Crippen LogP contribution in [-0.4, -0.2) is 37.2 Å². The fraction of sp³-hybridized carbons (Fsp3) is 0.267. The van der Waals surface area contributed by atoms with Crippen LogP contribution in [-0.2, 0) is 19.0 Å². The van der Waals surface area contributed by atoms with Crippen LogP contribution in [0.2, 0.25) is 0 Å². The molecule has 0 aromatic heterocycles. The molecule has 0 saturated carbocycles. The Kier molecular flexibility index (Phi) is 4.22. The van der Waals surface area contributed by atoms with Gasteiger partial charge in [0.25, 0.3) is 5.79 Å². The second-order valence-corrected chi connectivity index (χ2v) is 4.24. The number of rotatable bonds is 4. The zero-order valence-corrected chi connectivity index (χ0v) is 11.3. The SMILES string of the molecule is COC1=CC(=O)O[C@](/C=C/c2ccccc2)(OC)[C@H]1O. The highest BCUT2D eigenvalue weighted by molar-refractivity contribution is 5.84. The van der Waals surface area contributed by atoms with Crippen molar-refractivity contribution in [2.75, 3.05) is 14.2 Å². The normalized spacial score (nSPS) is 26.2. The number of esters is 1. The van der Waals surface area contributed by atoms with Crippen LogP contribution in [0.1, 0.15) is 5.56 Å². The Morgan fingerprint density at radius 3 is 2.60 bits per heavy atom. The summed E-state index contributed by atoms with van der Waals surface area (Å²) >= 11 is 0. The number of aliphatic hydroxyl groups excluding tert-OH is 1. The number of benzene rings is 1. The molecule has 0 bridgehead atoms. The molecular weight excluding hydrogens is 260 g/mol. The van der Waals surface area contributed by atoms with E-state index in [1.807, 2.05) is 30.3 Å². The molecule has 1 aromatic carbocycles. The van der Waals surface area contributed by atoms with Crippen molar-refractivity contribution >= 4 is 12.0 Å². The number of aliphatic hydroxyl groups is 1. The van der Waals surface area contributed by atoms with Gasteiger partial charge in [-0.05, 0) is 11.6 Å². The molecule has 20 heavy (non-hydrogen) atoms. The molecule has 5 heteroatoms. The summed E-state index contributed by atoms with van der Waals surface area (Å²) in [6.07, 6.45) is 3.07. The largest absolute Gasteiger partial charge is 0.498 e. The minimum Gasteiger partial charge on any atom is -0.498 e. The van der Waals surface area contributed by atoms with Gasteiger partial charge in [0.15, 0.2) is 6.10 Å². The molecule has 0 saturated heterocycles. The van der Waals surface area contributed by atoms with E-state index < -0.39 is 17.9 Å². The maximum atomic E-state index is 11.6. The molecule has 1 aliphatic rings. The Morgan fingerprint density at radius 1 is 1.30 bits per heavy atom. The second kappa shape index (κ2) is 5.90. The van der Waals surface area contributed by atoms with Crippen molar-refractivity contribution in [1.29, 1.82) is 0 Å². The summed E-state index contributed by atoms with van der Waals surface area (Å²) in [6.45, 7) is 0. The fourth-order valence-corrected chi connectivity index (χ4v) is 1.93. The minimum atomic E-state index is -1.59. The van der Waals surface area contributed by atoms with Crippen LogP contribution < -0.4 is 0 Å². The Bertz CT molecular complexity index is 534. The summed E-state index contributed by atoms with van der Waals surface area (Å²) in [6, 6.07) is 9.41. The molecule has 0 spiro atoms. The molecular formula is C15H16O5. The van der Waals surface area contributed by atoms with Gasteiger partial charge in [-0.3, -0.25) is 0 Å². The van der Waals surface area contributed by atoms with E-state index in [1.54, 1.807) is 6.08 Å². The average Bonchev–Trinajstić information content (AvgIpc) is 2.49. The minimum absolute atomic E-state index is 0.0980. The Balaban J connectivity index is 2.32. The molecule has 1 heterocycles. The monoisotopic (exact) mass is 276 g/mol. The quantitative estimate of drug-likeness (QED) is 0.844. The third-order valence-electron chi connectivity index (χ3n) is 3.03. The molecule has 1 aromatic rings. The maximum absolute atomic E-state index is 11.6. The van der Waals surface area contributed by atoms with Gasteiger partial charge in [0.1, 0.15) is 5.76 Å². The van der Waals surface area contributed by atoms with Gasteiger partial charge in [-0.2, -0.15) is 0 Å². The molecule has 0 unspecified atom stereocenters. The molecule has 1 N–H and O–H groups in total. The number of carbonyl (C=O) groups excluding carboxylic acids is 1. The summed E-state index contributed by atoms with van der Waals surface area (Å²) in [7, 11) is 2.72. The van der Waals surface area contributed by atoms with Gasteiger partial charge >= 0.3 is 5.97 Å². The number of hydrogen-bond acceptors (Lipinski definition) is 5. The molecule has 0 amide bonds. The standard InChI is InChI=1S/C15H16O5/c1-18-12-10-13(16)20-15(19-2,14(12)17)9-8-11-6-4-3-5-7-11/h3-10,14,17H,1-2H3/b9-8+/t14-,15-/m0/s1. The van der Waals surface area contributed by atoms with Crippen LogP contribution >= 0.6 is 0 Å². The van der Waals surface area contributed by atoms with Gasteiger partial charge < -0.3 is 19.3 Å². The van der Waals surface area contributed by atoms with Gasteiger partial charge in [0, 0.05) is 7.11 Å². The first kappa shape index (κ1) is 14.3. The third kappa shape index (κ3) is 2.74. The molecule has 106 valence electrons. The van der Waals surface area contributed by atoms with Crippen LogP contribution in [0.5, 0.6) is 0 Å². The lowest BCUT2D eigenvalue weighted by Gasteiger charge is -2.36. The highest BCUT2D eigenvalue weighted by Gasteiger charge is 2.46. The predicted molar refractivity (Wildman–Crippen MR) is 72.4 cm³/mol. The van der Waals surface area contributed by atoms with Crippen LogP contribution in [0, 0.1) is 0 Å². The summed E-state index contributed by atoms with van der Waals surface area (Å²) in [5, 5.41) is 10.2. The van der Waals surface area contributed by atoms with Crippen molar-refractivity contribution in [2.45, 2.75) is 11.9 Å². The Hall–Kier alpha value is -2.11. The first-order valence-electron chi connectivity index (χ1n) is 6.07.